The largest absolute Gasteiger partial charge is 0.507 e. The molecule has 2 aromatic rings. The van der Waals surface area contributed by atoms with Crippen molar-refractivity contribution in [1.29, 1.82) is 0 Å². The van der Waals surface area contributed by atoms with E-state index in [9.17, 15) is 34.2 Å². The van der Waals surface area contributed by atoms with Crippen LogP contribution in [0.3, 0.4) is 0 Å². The molecule has 41 heavy (non-hydrogen) atoms. The first kappa shape index (κ1) is 28.8. The van der Waals surface area contributed by atoms with E-state index < -0.39 is 64.4 Å². The van der Waals surface area contributed by atoms with Crippen LogP contribution in [0.2, 0.25) is 0 Å². The number of amides is 1. The summed E-state index contributed by atoms with van der Waals surface area (Å²) in [5.41, 5.74) is 6.07. The van der Waals surface area contributed by atoms with Crippen LogP contribution in [0.25, 0.3) is 11.1 Å². The number of Topliss-reactive ketones (excluding diaryl/α,β-unsaturated/α-hetero) is 4. The van der Waals surface area contributed by atoms with Crippen molar-refractivity contribution < 1.29 is 34.2 Å². The van der Waals surface area contributed by atoms with Crippen LogP contribution in [0.4, 0.5) is 0 Å². The number of aryl methyl sites for hydroxylation is 1. The van der Waals surface area contributed by atoms with Gasteiger partial charge in [0, 0.05) is 5.92 Å². The van der Waals surface area contributed by atoms with Gasteiger partial charge in [-0.3, -0.25) is 28.9 Å². The molecule has 0 aliphatic heterocycles. The first-order valence-corrected chi connectivity index (χ1v) is 14.2. The number of carbonyl (C=O) groups is 5. The lowest BCUT2D eigenvalue weighted by Crippen LogP contribution is -2.74. The van der Waals surface area contributed by atoms with E-state index in [2.05, 4.69) is 19.1 Å². The van der Waals surface area contributed by atoms with E-state index in [1.807, 2.05) is 12.1 Å². The van der Waals surface area contributed by atoms with E-state index in [1.54, 1.807) is 20.2 Å². The molecule has 6 atom stereocenters. The smallest absolute Gasteiger partial charge is 0.235 e. The van der Waals surface area contributed by atoms with E-state index in [0.29, 0.717) is 5.56 Å². The van der Waals surface area contributed by atoms with Crippen molar-refractivity contribution in [2.24, 2.45) is 29.4 Å². The standard InChI is InChI=1S/C32H36N2O7/c1-4-5-6-7-16-8-10-17(11-9-16)19-12-13-22(35)24-20(19)14-18-15-21-26(34(2)3)28(37)25(31(33)40)30(39)32(21,41)29(38)23(18)27(24)36/h8-13,18,21,23,25-26,35,41H,4-7,14-15H2,1-3H3,(H2,33,40)/t18-,21-,23?,25?,26-,32-/m1/s1. The van der Waals surface area contributed by atoms with E-state index in [-0.39, 0.29) is 24.2 Å². The number of benzene rings is 2. The van der Waals surface area contributed by atoms with Crippen molar-refractivity contribution >= 4 is 29.0 Å². The molecule has 0 radical (unpaired) electrons. The lowest BCUT2D eigenvalue weighted by molar-refractivity contribution is -0.181. The molecule has 2 fully saturated rings. The maximum absolute atomic E-state index is 13.9. The predicted octanol–water partition coefficient (Wildman–Crippen LogP) is 2.27. The molecule has 4 N–H and O–H groups in total. The Balaban J connectivity index is 1.57. The van der Waals surface area contributed by atoms with Crippen molar-refractivity contribution in [3.8, 4) is 16.9 Å². The Bertz CT molecular complexity index is 1450. The maximum atomic E-state index is 13.9. The van der Waals surface area contributed by atoms with Crippen LogP contribution < -0.4 is 5.73 Å². The molecule has 9 nitrogen and oxygen atoms in total. The summed E-state index contributed by atoms with van der Waals surface area (Å²) in [4.78, 5) is 68.1. The number of hydrogen-bond donors (Lipinski definition) is 3. The van der Waals surface area contributed by atoms with Crippen LogP contribution >= 0.6 is 0 Å². The summed E-state index contributed by atoms with van der Waals surface area (Å²) in [5.74, 6) is -10.4. The molecule has 0 saturated heterocycles. The zero-order valence-corrected chi connectivity index (χ0v) is 23.6. The number of aliphatic hydroxyl groups is 1. The second kappa shape index (κ2) is 10.6. The third-order valence-electron chi connectivity index (χ3n) is 9.28. The van der Waals surface area contributed by atoms with Crippen LogP contribution in [0.15, 0.2) is 36.4 Å². The third-order valence-corrected chi connectivity index (χ3v) is 9.28. The number of primary amides is 1. The minimum atomic E-state index is -2.72. The first-order valence-electron chi connectivity index (χ1n) is 14.2. The van der Waals surface area contributed by atoms with Gasteiger partial charge in [-0.15, -0.1) is 0 Å². The second-order valence-electron chi connectivity index (χ2n) is 11.9. The fourth-order valence-corrected chi connectivity index (χ4v) is 7.31. The van der Waals surface area contributed by atoms with Crippen molar-refractivity contribution in [3.05, 3.63) is 53.1 Å². The van der Waals surface area contributed by atoms with Gasteiger partial charge in [0.05, 0.1) is 17.5 Å². The molecule has 2 aromatic carbocycles. The molecule has 2 saturated carbocycles. The number of rotatable bonds is 7. The lowest BCUT2D eigenvalue weighted by atomic mass is 9.52. The number of aromatic hydroxyl groups is 1. The van der Waals surface area contributed by atoms with Gasteiger partial charge in [0.2, 0.25) is 5.91 Å². The SMILES string of the molecule is CCCCCc1ccc(-c2ccc(O)c3c2C[C@@H]2C[C@@H]4[C@@H](N(C)C)C(=O)C(C(N)=O)C(=O)[C@]4(O)C(=O)C2C3=O)cc1. The molecule has 2 unspecified atom stereocenters. The average molecular weight is 561 g/mol. The Morgan fingerprint density at radius 2 is 1.71 bits per heavy atom. The average Bonchev–Trinajstić information content (AvgIpc) is 2.91. The summed E-state index contributed by atoms with van der Waals surface area (Å²) in [6, 6.07) is 10.1. The number of nitrogens with two attached hydrogens (primary N) is 1. The Hall–Kier alpha value is -3.69. The van der Waals surface area contributed by atoms with Crippen molar-refractivity contribution in [3.63, 3.8) is 0 Å². The zero-order valence-electron chi connectivity index (χ0n) is 23.6. The van der Waals surface area contributed by atoms with Gasteiger partial charge in [-0.25, -0.2) is 0 Å². The summed E-state index contributed by atoms with van der Waals surface area (Å²) in [6.07, 6.45) is 4.61. The van der Waals surface area contributed by atoms with Crippen LogP contribution in [-0.4, -0.2) is 69.9 Å². The summed E-state index contributed by atoms with van der Waals surface area (Å²) in [5, 5.41) is 22.5. The minimum Gasteiger partial charge on any atom is -0.507 e. The first-order chi connectivity index (χ1) is 19.4. The summed E-state index contributed by atoms with van der Waals surface area (Å²) < 4.78 is 0. The fraction of sp³-hybridized carbons (Fsp3) is 0.469. The predicted molar refractivity (Wildman–Crippen MR) is 150 cm³/mol. The number of nitrogens with zero attached hydrogens (tertiary/aromatic N) is 1. The molecular weight excluding hydrogens is 524 g/mol. The van der Waals surface area contributed by atoms with Gasteiger partial charge < -0.3 is 15.9 Å². The Morgan fingerprint density at radius 3 is 2.32 bits per heavy atom. The van der Waals surface area contributed by atoms with E-state index >= 15 is 0 Å². The highest BCUT2D eigenvalue weighted by Crippen LogP contribution is 2.51. The van der Waals surface area contributed by atoms with Gasteiger partial charge in [0.1, 0.15) is 5.75 Å². The quantitative estimate of drug-likeness (QED) is 0.344. The normalized spacial score (nSPS) is 29.2. The fourth-order valence-electron chi connectivity index (χ4n) is 7.31. The molecule has 0 aromatic heterocycles. The number of unbranched alkanes of at least 4 members (excludes halogenated alkanes) is 2. The van der Waals surface area contributed by atoms with Crippen LogP contribution in [0, 0.1) is 23.7 Å². The van der Waals surface area contributed by atoms with Crippen LogP contribution in [0.1, 0.15) is 54.1 Å². The van der Waals surface area contributed by atoms with Crippen molar-refractivity contribution in [1.82, 2.24) is 4.90 Å². The van der Waals surface area contributed by atoms with Crippen molar-refractivity contribution in [2.75, 3.05) is 14.1 Å². The van der Waals surface area contributed by atoms with Crippen molar-refractivity contribution in [2.45, 2.75) is 57.1 Å². The molecule has 1 amide bonds. The highest BCUT2D eigenvalue weighted by Gasteiger charge is 2.69. The maximum Gasteiger partial charge on any atom is 0.235 e. The Kier molecular flexibility index (Phi) is 7.46. The molecule has 5 rings (SSSR count). The Labute approximate surface area is 238 Å². The minimum absolute atomic E-state index is 0.00104. The second-order valence-corrected chi connectivity index (χ2v) is 11.9. The molecule has 0 heterocycles. The number of likely N-dealkylation sites (N-methyl/N-ethyl adjacent to an activating group) is 1. The summed E-state index contributed by atoms with van der Waals surface area (Å²) >= 11 is 0. The number of fused-ring (bicyclic) bond motifs is 3. The van der Waals surface area contributed by atoms with Gasteiger partial charge in [-0.1, -0.05) is 50.1 Å². The zero-order chi connectivity index (χ0) is 29.8. The molecule has 3 aliphatic carbocycles. The highest BCUT2D eigenvalue weighted by molar-refractivity contribution is 6.32. The molecule has 0 spiro atoms. The van der Waals surface area contributed by atoms with Gasteiger partial charge >= 0.3 is 0 Å². The monoisotopic (exact) mass is 560 g/mol. The Morgan fingerprint density at radius 1 is 1.02 bits per heavy atom. The van der Waals surface area contributed by atoms with E-state index in [1.165, 1.54) is 16.5 Å². The van der Waals surface area contributed by atoms with Gasteiger partial charge in [-0.05, 0) is 74.0 Å². The van der Waals surface area contributed by atoms with Crippen LogP contribution in [-0.2, 0) is 32.0 Å². The van der Waals surface area contributed by atoms with E-state index in [4.69, 9.17) is 5.73 Å². The van der Waals surface area contributed by atoms with Gasteiger partial charge in [0.25, 0.3) is 0 Å². The molecule has 9 heteroatoms. The van der Waals surface area contributed by atoms with Gasteiger partial charge in [0.15, 0.2) is 34.7 Å². The molecular formula is C32H36N2O7. The number of carbonyl (C=O) groups excluding carboxylic acids is 5. The molecule has 3 aliphatic rings. The van der Waals surface area contributed by atoms with Crippen LogP contribution in [0.5, 0.6) is 5.75 Å². The molecule has 0 bridgehead atoms. The third kappa shape index (κ3) is 4.42. The number of phenols is 1. The number of ketones is 4. The highest BCUT2D eigenvalue weighted by atomic mass is 16.3. The van der Waals surface area contributed by atoms with Gasteiger partial charge in [-0.2, -0.15) is 0 Å². The van der Waals surface area contributed by atoms with E-state index in [0.717, 1.165) is 36.8 Å². The number of hydrogen-bond acceptors (Lipinski definition) is 8. The summed E-state index contributed by atoms with van der Waals surface area (Å²) in [6.45, 7) is 2.16. The summed E-state index contributed by atoms with van der Waals surface area (Å²) in [7, 11) is 3.13. The lowest BCUT2D eigenvalue weighted by Gasteiger charge is -2.52. The molecule has 216 valence electrons. The topological polar surface area (TPSA) is 155 Å². The number of phenolic OH excluding ortho intramolecular Hbond substituents is 1.